The number of amides is 1. The van der Waals surface area contributed by atoms with Gasteiger partial charge in [-0.25, -0.2) is 0 Å². The number of hydrogen-bond acceptors (Lipinski definition) is 3. The summed E-state index contributed by atoms with van der Waals surface area (Å²) < 4.78 is 0. The monoisotopic (exact) mass is 302 g/mol. The van der Waals surface area contributed by atoms with Crippen LogP contribution in [0.2, 0.25) is 0 Å². The zero-order chi connectivity index (χ0) is 14.5. The number of thioether (sulfide) groups is 1. The Hall–Kier alpha value is -1.85. The fraction of sp³-hybridized carbons (Fsp3) is 0.0667. The third-order valence-corrected chi connectivity index (χ3v) is 3.74. The molecule has 2 aromatic rings. The lowest BCUT2D eigenvalue weighted by atomic mass is 10.1. The van der Waals surface area contributed by atoms with Crippen molar-refractivity contribution in [2.24, 2.45) is 5.73 Å². The summed E-state index contributed by atoms with van der Waals surface area (Å²) in [4.78, 5) is 13.6. The maximum atomic E-state index is 12.1. The Morgan fingerprint density at radius 3 is 2.40 bits per heavy atom. The second-order valence-electron chi connectivity index (χ2n) is 4.13. The van der Waals surface area contributed by atoms with Crippen molar-refractivity contribution in [3.05, 3.63) is 59.7 Å². The molecule has 0 fully saturated rings. The number of rotatable bonds is 4. The first-order valence-corrected chi connectivity index (χ1v) is 7.59. The summed E-state index contributed by atoms with van der Waals surface area (Å²) in [7, 11) is 0. The fourth-order valence-corrected chi connectivity index (χ4v) is 2.23. The lowest BCUT2D eigenvalue weighted by Crippen LogP contribution is -2.14. The van der Waals surface area contributed by atoms with Crippen LogP contribution in [0.3, 0.4) is 0 Å². The lowest BCUT2D eigenvalue weighted by molar-refractivity contribution is 0.102. The summed E-state index contributed by atoms with van der Waals surface area (Å²) in [6.45, 7) is 0. The SMILES string of the molecule is CSc1ccc(NC(=O)c2cccc(C(N)=S)c2)cc1. The largest absolute Gasteiger partial charge is 0.389 e. The second-order valence-corrected chi connectivity index (χ2v) is 5.45. The van der Waals surface area contributed by atoms with Crippen LogP contribution < -0.4 is 11.1 Å². The van der Waals surface area contributed by atoms with Crippen LogP contribution in [-0.4, -0.2) is 17.2 Å². The van der Waals surface area contributed by atoms with Gasteiger partial charge in [-0.1, -0.05) is 24.4 Å². The van der Waals surface area contributed by atoms with Crippen molar-refractivity contribution in [3.8, 4) is 0 Å². The van der Waals surface area contributed by atoms with E-state index in [9.17, 15) is 4.79 Å². The van der Waals surface area contributed by atoms with Crippen molar-refractivity contribution in [2.75, 3.05) is 11.6 Å². The van der Waals surface area contributed by atoms with E-state index in [1.165, 1.54) is 0 Å². The second kappa shape index (κ2) is 6.54. The number of carbonyl (C=O) groups is 1. The number of anilines is 1. The number of thiocarbonyl (C=S) groups is 1. The van der Waals surface area contributed by atoms with Gasteiger partial charge in [0, 0.05) is 21.7 Å². The van der Waals surface area contributed by atoms with E-state index in [1.807, 2.05) is 30.5 Å². The Labute approximate surface area is 127 Å². The molecule has 0 heterocycles. The summed E-state index contributed by atoms with van der Waals surface area (Å²) in [6, 6.07) is 14.6. The molecule has 0 bridgehead atoms. The van der Waals surface area contributed by atoms with E-state index in [0.717, 1.165) is 10.6 Å². The zero-order valence-corrected chi connectivity index (χ0v) is 12.6. The van der Waals surface area contributed by atoms with Gasteiger partial charge in [0.1, 0.15) is 4.99 Å². The highest BCUT2D eigenvalue weighted by atomic mass is 32.2. The van der Waals surface area contributed by atoms with Crippen LogP contribution in [0.15, 0.2) is 53.4 Å². The summed E-state index contributed by atoms with van der Waals surface area (Å²) in [5.74, 6) is -0.181. The minimum absolute atomic E-state index is 0.181. The normalized spacial score (nSPS) is 10.1. The molecule has 0 aliphatic carbocycles. The molecule has 2 aromatic carbocycles. The van der Waals surface area contributed by atoms with Gasteiger partial charge in [-0.05, 0) is 42.7 Å². The average Bonchev–Trinajstić information content (AvgIpc) is 2.48. The highest BCUT2D eigenvalue weighted by Crippen LogP contribution is 2.18. The van der Waals surface area contributed by atoms with Gasteiger partial charge in [0.15, 0.2) is 0 Å². The van der Waals surface area contributed by atoms with Crippen LogP contribution in [0.1, 0.15) is 15.9 Å². The molecular weight excluding hydrogens is 288 g/mol. The maximum absolute atomic E-state index is 12.1. The molecule has 0 unspecified atom stereocenters. The summed E-state index contributed by atoms with van der Waals surface area (Å²) in [5.41, 5.74) is 7.54. The Bertz CT molecular complexity index is 639. The van der Waals surface area contributed by atoms with E-state index >= 15 is 0 Å². The number of benzene rings is 2. The van der Waals surface area contributed by atoms with Gasteiger partial charge in [0.25, 0.3) is 5.91 Å². The van der Waals surface area contributed by atoms with E-state index in [-0.39, 0.29) is 10.9 Å². The Morgan fingerprint density at radius 2 is 1.80 bits per heavy atom. The number of carbonyl (C=O) groups excluding carboxylic acids is 1. The van der Waals surface area contributed by atoms with Crippen molar-refractivity contribution in [1.82, 2.24) is 0 Å². The third-order valence-electron chi connectivity index (χ3n) is 2.76. The third kappa shape index (κ3) is 3.59. The van der Waals surface area contributed by atoms with Crippen molar-refractivity contribution in [2.45, 2.75) is 4.90 Å². The van der Waals surface area contributed by atoms with Gasteiger partial charge in [-0.3, -0.25) is 4.79 Å². The maximum Gasteiger partial charge on any atom is 0.255 e. The van der Waals surface area contributed by atoms with Crippen molar-refractivity contribution >= 4 is 40.6 Å². The first kappa shape index (κ1) is 14.6. The molecule has 102 valence electrons. The Morgan fingerprint density at radius 1 is 1.15 bits per heavy atom. The smallest absolute Gasteiger partial charge is 0.255 e. The molecule has 0 atom stereocenters. The van der Waals surface area contributed by atoms with Crippen LogP contribution in [0, 0.1) is 0 Å². The summed E-state index contributed by atoms with van der Waals surface area (Å²) >= 11 is 6.57. The lowest BCUT2D eigenvalue weighted by Gasteiger charge is -2.07. The predicted molar refractivity (Wildman–Crippen MR) is 88.5 cm³/mol. The molecule has 0 spiro atoms. The highest BCUT2D eigenvalue weighted by molar-refractivity contribution is 7.98. The van der Waals surface area contributed by atoms with E-state index < -0.39 is 0 Å². The van der Waals surface area contributed by atoms with E-state index in [0.29, 0.717) is 11.1 Å². The van der Waals surface area contributed by atoms with Crippen molar-refractivity contribution in [3.63, 3.8) is 0 Å². The highest BCUT2D eigenvalue weighted by Gasteiger charge is 2.07. The van der Waals surface area contributed by atoms with Crippen LogP contribution in [-0.2, 0) is 0 Å². The van der Waals surface area contributed by atoms with Gasteiger partial charge >= 0.3 is 0 Å². The quantitative estimate of drug-likeness (QED) is 0.672. The van der Waals surface area contributed by atoms with Gasteiger partial charge < -0.3 is 11.1 Å². The average molecular weight is 302 g/mol. The van der Waals surface area contributed by atoms with E-state index in [2.05, 4.69) is 5.32 Å². The minimum Gasteiger partial charge on any atom is -0.389 e. The predicted octanol–water partition coefficient (Wildman–Crippen LogP) is 3.30. The molecule has 0 saturated carbocycles. The molecule has 0 aromatic heterocycles. The first-order valence-electron chi connectivity index (χ1n) is 5.95. The molecule has 3 nitrogen and oxygen atoms in total. The molecular formula is C15H14N2OS2. The molecule has 3 N–H and O–H groups in total. The van der Waals surface area contributed by atoms with Gasteiger partial charge in [0.05, 0.1) is 0 Å². The summed E-state index contributed by atoms with van der Waals surface area (Å²) in [5, 5.41) is 2.84. The molecule has 0 aliphatic rings. The number of hydrogen-bond donors (Lipinski definition) is 2. The molecule has 2 rings (SSSR count). The van der Waals surface area contributed by atoms with Crippen LogP contribution >= 0.6 is 24.0 Å². The number of nitrogens with two attached hydrogens (primary N) is 1. The van der Waals surface area contributed by atoms with Gasteiger partial charge in [0.2, 0.25) is 0 Å². The van der Waals surface area contributed by atoms with Crippen LogP contribution in [0.5, 0.6) is 0 Å². The molecule has 0 saturated heterocycles. The molecule has 5 heteroatoms. The summed E-state index contributed by atoms with van der Waals surface area (Å²) in [6.07, 6.45) is 2.01. The minimum atomic E-state index is -0.181. The number of nitrogens with one attached hydrogen (secondary N) is 1. The van der Waals surface area contributed by atoms with Gasteiger partial charge in [-0.2, -0.15) is 0 Å². The standard InChI is InChI=1S/C15H14N2OS2/c1-20-13-7-5-12(6-8-13)17-15(18)11-4-2-3-10(9-11)14(16)19/h2-9H,1H3,(H2,16,19)(H,17,18). The molecule has 0 aliphatic heterocycles. The molecule has 20 heavy (non-hydrogen) atoms. The van der Waals surface area contributed by atoms with Crippen LogP contribution in [0.25, 0.3) is 0 Å². The van der Waals surface area contributed by atoms with E-state index in [4.69, 9.17) is 18.0 Å². The fourth-order valence-electron chi connectivity index (χ4n) is 1.69. The zero-order valence-electron chi connectivity index (χ0n) is 10.9. The van der Waals surface area contributed by atoms with Crippen molar-refractivity contribution in [1.29, 1.82) is 0 Å². The molecule has 1 amide bonds. The molecule has 0 radical (unpaired) electrons. The Kier molecular flexibility index (Phi) is 4.76. The van der Waals surface area contributed by atoms with E-state index in [1.54, 1.807) is 36.0 Å². The van der Waals surface area contributed by atoms with Crippen LogP contribution in [0.4, 0.5) is 5.69 Å². The van der Waals surface area contributed by atoms with Crippen molar-refractivity contribution < 1.29 is 4.79 Å². The topological polar surface area (TPSA) is 55.1 Å². The first-order chi connectivity index (χ1) is 9.60. The van der Waals surface area contributed by atoms with Gasteiger partial charge in [-0.15, -0.1) is 11.8 Å². The Balaban J connectivity index is 2.14.